The number of carbonyl (C=O) groups is 1. The SMILES string of the molecule is CC1=C(C)/C(=N/OS(=O)(=O)c2ccc(Br)cc2)C=CC1=O. The summed E-state index contributed by atoms with van der Waals surface area (Å²) in [7, 11) is -3.98. The van der Waals surface area contributed by atoms with E-state index >= 15 is 0 Å². The molecule has 21 heavy (non-hydrogen) atoms. The van der Waals surface area contributed by atoms with Gasteiger partial charge in [0, 0.05) is 10.0 Å². The predicted octanol–water partition coefficient (Wildman–Crippen LogP) is 2.99. The first kappa shape index (κ1) is 15.7. The molecule has 1 aromatic rings. The molecule has 2 rings (SSSR count). The Labute approximate surface area is 131 Å². The summed E-state index contributed by atoms with van der Waals surface area (Å²) < 4.78 is 29.4. The van der Waals surface area contributed by atoms with Gasteiger partial charge >= 0.3 is 10.1 Å². The third-order valence-corrected chi connectivity index (χ3v) is 4.69. The molecule has 0 atom stereocenters. The summed E-state index contributed by atoms with van der Waals surface area (Å²) in [6.45, 7) is 3.34. The zero-order valence-electron chi connectivity index (χ0n) is 11.3. The van der Waals surface area contributed by atoms with Crippen LogP contribution in [0.1, 0.15) is 13.8 Å². The number of hydrogen-bond acceptors (Lipinski definition) is 5. The fourth-order valence-corrected chi connectivity index (χ4v) is 2.61. The highest BCUT2D eigenvalue weighted by atomic mass is 79.9. The van der Waals surface area contributed by atoms with Crippen LogP contribution in [-0.4, -0.2) is 19.9 Å². The molecule has 0 spiro atoms. The van der Waals surface area contributed by atoms with Gasteiger partial charge in [0.15, 0.2) is 5.78 Å². The molecule has 0 fully saturated rings. The maximum absolute atomic E-state index is 12.0. The zero-order valence-corrected chi connectivity index (χ0v) is 13.7. The van der Waals surface area contributed by atoms with Crippen LogP contribution in [0.15, 0.2) is 62.1 Å². The van der Waals surface area contributed by atoms with E-state index in [1.165, 1.54) is 24.3 Å². The quantitative estimate of drug-likeness (QED) is 0.606. The van der Waals surface area contributed by atoms with Crippen molar-refractivity contribution in [3.63, 3.8) is 0 Å². The van der Waals surface area contributed by atoms with Crippen molar-refractivity contribution >= 4 is 37.5 Å². The first-order valence-electron chi connectivity index (χ1n) is 5.99. The molecule has 0 aliphatic heterocycles. The van der Waals surface area contributed by atoms with Crippen LogP contribution in [0.2, 0.25) is 0 Å². The average Bonchev–Trinajstić information content (AvgIpc) is 2.44. The van der Waals surface area contributed by atoms with E-state index in [1.807, 2.05) is 0 Å². The van der Waals surface area contributed by atoms with Crippen LogP contribution in [0, 0.1) is 0 Å². The third-order valence-electron chi connectivity index (χ3n) is 3.04. The number of carbonyl (C=O) groups excluding carboxylic acids is 1. The van der Waals surface area contributed by atoms with Gasteiger partial charge in [0.2, 0.25) is 0 Å². The lowest BCUT2D eigenvalue weighted by atomic mass is 9.97. The fourth-order valence-electron chi connectivity index (χ4n) is 1.61. The van der Waals surface area contributed by atoms with E-state index in [-0.39, 0.29) is 10.7 Å². The fraction of sp³-hybridized carbons (Fsp3) is 0.143. The topological polar surface area (TPSA) is 72.8 Å². The Balaban J connectivity index is 2.26. The minimum Gasteiger partial charge on any atom is -0.290 e. The zero-order chi connectivity index (χ0) is 15.6. The minimum absolute atomic E-state index is 0.00395. The van der Waals surface area contributed by atoms with Gasteiger partial charge in [-0.3, -0.25) is 9.08 Å². The van der Waals surface area contributed by atoms with Crippen LogP contribution >= 0.6 is 15.9 Å². The van der Waals surface area contributed by atoms with Gasteiger partial charge < -0.3 is 0 Å². The molecule has 110 valence electrons. The second kappa shape index (κ2) is 5.95. The molecule has 0 radical (unpaired) electrons. The van der Waals surface area contributed by atoms with Gasteiger partial charge in [-0.15, -0.1) is 0 Å². The normalized spacial score (nSPS) is 17.5. The van der Waals surface area contributed by atoms with Crippen LogP contribution in [0.25, 0.3) is 0 Å². The van der Waals surface area contributed by atoms with Crippen molar-refractivity contribution in [3.05, 3.63) is 52.0 Å². The third kappa shape index (κ3) is 3.48. The first-order chi connectivity index (χ1) is 9.81. The minimum atomic E-state index is -3.98. The highest BCUT2D eigenvalue weighted by Gasteiger charge is 2.18. The number of halogens is 1. The number of benzene rings is 1. The molecule has 0 heterocycles. The first-order valence-corrected chi connectivity index (χ1v) is 8.19. The van der Waals surface area contributed by atoms with E-state index in [0.29, 0.717) is 16.9 Å². The van der Waals surface area contributed by atoms with Crippen molar-refractivity contribution in [3.8, 4) is 0 Å². The summed E-state index contributed by atoms with van der Waals surface area (Å²) in [6, 6.07) is 6.01. The smallest absolute Gasteiger partial charge is 0.290 e. The van der Waals surface area contributed by atoms with Crippen molar-refractivity contribution in [1.82, 2.24) is 0 Å². The Hall–Kier alpha value is -1.73. The summed E-state index contributed by atoms with van der Waals surface area (Å²) in [5.41, 5.74) is 1.42. The number of oxime groups is 1. The summed E-state index contributed by atoms with van der Waals surface area (Å²) in [6.07, 6.45) is 2.76. The van der Waals surface area contributed by atoms with Gasteiger partial charge in [0.25, 0.3) is 0 Å². The molecule has 0 unspecified atom stereocenters. The molecule has 0 saturated carbocycles. The van der Waals surface area contributed by atoms with E-state index in [2.05, 4.69) is 21.1 Å². The van der Waals surface area contributed by atoms with Gasteiger partial charge in [-0.2, -0.15) is 8.42 Å². The average molecular weight is 370 g/mol. The summed E-state index contributed by atoms with van der Waals surface area (Å²) in [4.78, 5) is 11.4. The highest BCUT2D eigenvalue weighted by Crippen LogP contribution is 2.19. The molecule has 1 aliphatic carbocycles. The summed E-state index contributed by atoms with van der Waals surface area (Å²) in [5.74, 6) is -0.123. The van der Waals surface area contributed by atoms with Gasteiger partial charge in [-0.05, 0) is 55.8 Å². The van der Waals surface area contributed by atoms with Gasteiger partial charge in [-0.25, -0.2) is 0 Å². The molecular weight excluding hydrogens is 358 g/mol. The molecule has 5 nitrogen and oxygen atoms in total. The lowest BCUT2D eigenvalue weighted by Crippen LogP contribution is -2.12. The Kier molecular flexibility index (Phi) is 4.43. The largest absolute Gasteiger partial charge is 0.358 e. The molecule has 0 aromatic heterocycles. The van der Waals surface area contributed by atoms with Crippen LogP contribution in [0.3, 0.4) is 0 Å². The van der Waals surface area contributed by atoms with Crippen LogP contribution in [0.4, 0.5) is 0 Å². The maximum Gasteiger partial charge on any atom is 0.358 e. The van der Waals surface area contributed by atoms with Crippen LogP contribution < -0.4 is 0 Å². The number of allylic oxidation sites excluding steroid dienone is 4. The summed E-state index contributed by atoms with van der Waals surface area (Å²) in [5, 5.41) is 3.64. The second-order valence-electron chi connectivity index (χ2n) is 4.41. The van der Waals surface area contributed by atoms with E-state index in [1.54, 1.807) is 26.0 Å². The summed E-state index contributed by atoms with van der Waals surface area (Å²) >= 11 is 3.22. The molecule has 0 saturated heterocycles. The number of ketones is 1. The predicted molar refractivity (Wildman–Crippen MR) is 82.4 cm³/mol. The second-order valence-corrected chi connectivity index (χ2v) is 6.85. The Morgan fingerprint density at radius 2 is 1.67 bits per heavy atom. The lowest BCUT2D eigenvalue weighted by molar-refractivity contribution is -0.111. The molecule has 7 heteroatoms. The number of rotatable bonds is 3. The van der Waals surface area contributed by atoms with Crippen molar-refractivity contribution in [2.45, 2.75) is 18.7 Å². The molecule has 1 aromatic carbocycles. The number of hydrogen-bond donors (Lipinski definition) is 0. The van der Waals surface area contributed by atoms with Crippen molar-refractivity contribution in [2.24, 2.45) is 5.16 Å². The van der Waals surface area contributed by atoms with Crippen LogP contribution in [-0.2, 0) is 19.2 Å². The molecule has 1 aliphatic rings. The Morgan fingerprint density at radius 1 is 1.05 bits per heavy atom. The molecule has 0 amide bonds. The molecule has 0 bridgehead atoms. The van der Waals surface area contributed by atoms with Gasteiger partial charge in [0.1, 0.15) is 10.6 Å². The Morgan fingerprint density at radius 3 is 2.29 bits per heavy atom. The van der Waals surface area contributed by atoms with Gasteiger partial charge in [0.05, 0.1) is 0 Å². The van der Waals surface area contributed by atoms with Crippen LogP contribution in [0.5, 0.6) is 0 Å². The molecular formula is C14H12BrNO4S. The van der Waals surface area contributed by atoms with E-state index in [4.69, 9.17) is 4.28 Å². The maximum atomic E-state index is 12.0. The van der Waals surface area contributed by atoms with Crippen molar-refractivity contribution < 1.29 is 17.5 Å². The van der Waals surface area contributed by atoms with E-state index in [9.17, 15) is 13.2 Å². The number of nitrogens with zero attached hydrogens (tertiary/aromatic N) is 1. The Bertz CT molecular complexity index is 774. The molecule has 0 N–H and O–H groups in total. The standard InChI is InChI=1S/C14H12BrNO4S/c1-9-10(2)14(17)8-7-13(9)16-20-21(18,19)12-5-3-11(15)4-6-12/h3-8H,1-2H3/b16-13+. The van der Waals surface area contributed by atoms with Crippen molar-refractivity contribution in [1.29, 1.82) is 0 Å². The highest BCUT2D eigenvalue weighted by molar-refractivity contribution is 9.10. The van der Waals surface area contributed by atoms with Crippen molar-refractivity contribution in [2.75, 3.05) is 0 Å². The van der Waals surface area contributed by atoms with E-state index in [0.717, 1.165) is 4.47 Å². The van der Waals surface area contributed by atoms with E-state index < -0.39 is 10.1 Å². The monoisotopic (exact) mass is 369 g/mol. The lowest BCUT2D eigenvalue weighted by Gasteiger charge is -2.10. The van der Waals surface area contributed by atoms with Gasteiger partial charge in [-0.1, -0.05) is 21.1 Å².